The van der Waals surface area contributed by atoms with Crippen LogP contribution in [0.2, 0.25) is 0 Å². The molecule has 2 nitrogen and oxygen atoms in total. The first kappa shape index (κ1) is 11.0. The van der Waals surface area contributed by atoms with Crippen molar-refractivity contribution in [2.45, 2.75) is 69.4 Å². The maximum absolute atomic E-state index is 3.85. The largest absolute Gasteiger partial charge is 0.309 e. The molecule has 0 aromatic rings. The lowest BCUT2D eigenvalue weighted by atomic mass is 9.80. The van der Waals surface area contributed by atoms with Gasteiger partial charge in [0.25, 0.3) is 0 Å². The van der Waals surface area contributed by atoms with Crippen LogP contribution in [0.5, 0.6) is 0 Å². The molecular formula is C14H26N2. The summed E-state index contributed by atoms with van der Waals surface area (Å²) in [5.74, 6) is 0. The molecule has 0 amide bonds. The molecule has 0 bridgehead atoms. The summed E-state index contributed by atoms with van der Waals surface area (Å²) >= 11 is 0. The molecule has 3 rings (SSSR count). The van der Waals surface area contributed by atoms with Gasteiger partial charge in [-0.3, -0.25) is 4.90 Å². The van der Waals surface area contributed by atoms with Gasteiger partial charge in [0.2, 0.25) is 0 Å². The summed E-state index contributed by atoms with van der Waals surface area (Å²) in [5.41, 5.74) is 0.513. The molecule has 1 aliphatic heterocycles. The summed E-state index contributed by atoms with van der Waals surface area (Å²) in [7, 11) is 0. The van der Waals surface area contributed by atoms with Crippen LogP contribution in [0.1, 0.15) is 57.8 Å². The van der Waals surface area contributed by atoms with Crippen molar-refractivity contribution in [1.82, 2.24) is 10.2 Å². The second-order valence-corrected chi connectivity index (χ2v) is 6.18. The highest BCUT2D eigenvalue weighted by Gasteiger charge is 2.38. The number of nitrogens with zero attached hydrogens (tertiary/aromatic N) is 1. The Morgan fingerprint density at radius 2 is 1.69 bits per heavy atom. The Balaban J connectivity index is 1.64. The van der Waals surface area contributed by atoms with E-state index in [2.05, 4.69) is 10.2 Å². The minimum atomic E-state index is 0.513. The van der Waals surface area contributed by atoms with Gasteiger partial charge in [0.15, 0.2) is 0 Å². The van der Waals surface area contributed by atoms with E-state index >= 15 is 0 Å². The molecule has 1 spiro atoms. The third-order valence-corrected chi connectivity index (χ3v) is 5.06. The quantitative estimate of drug-likeness (QED) is 0.733. The standard InChI is InChI=1S/C14H26N2/c1-4-8-14(9-5-1)12-16(11-10-15-14)13-6-2-3-7-13/h13,15H,1-12H2. The molecule has 0 unspecified atom stereocenters. The van der Waals surface area contributed by atoms with Crippen molar-refractivity contribution in [3.8, 4) is 0 Å². The number of nitrogens with one attached hydrogen (secondary N) is 1. The van der Waals surface area contributed by atoms with Crippen molar-refractivity contribution in [2.24, 2.45) is 0 Å². The van der Waals surface area contributed by atoms with Crippen molar-refractivity contribution in [3.05, 3.63) is 0 Å². The molecule has 1 heterocycles. The number of rotatable bonds is 1. The molecule has 0 aromatic heterocycles. The van der Waals surface area contributed by atoms with Crippen molar-refractivity contribution >= 4 is 0 Å². The van der Waals surface area contributed by atoms with Gasteiger partial charge in [-0.1, -0.05) is 32.1 Å². The molecule has 1 N–H and O–H groups in total. The zero-order chi connectivity index (χ0) is 10.8. The summed E-state index contributed by atoms with van der Waals surface area (Å²) in [4.78, 5) is 2.81. The Kier molecular flexibility index (Phi) is 3.21. The van der Waals surface area contributed by atoms with Crippen LogP contribution in [0.15, 0.2) is 0 Å². The van der Waals surface area contributed by atoms with Gasteiger partial charge >= 0.3 is 0 Å². The smallest absolute Gasteiger partial charge is 0.0309 e. The Morgan fingerprint density at radius 1 is 0.938 bits per heavy atom. The summed E-state index contributed by atoms with van der Waals surface area (Å²) < 4.78 is 0. The van der Waals surface area contributed by atoms with Crippen LogP contribution < -0.4 is 5.32 Å². The normalized spacial score (nSPS) is 32.2. The fourth-order valence-corrected chi connectivity index (χ4v) is 4.13. The molecular weight excluding hydrogens is 196 g/mol. The first-order valence-electron chi connectivity index (χ1n) is 7.37. The molecule has 2 saturated carbocycles. The molecule has 3 aliphatic rings. The molecule has 0 atom stereocenters. The van der Waals surface area contributed by atoms with Crippen molar-refractivity contribution in [3.63, 3.8) is 0 Å². The highest BCUT2D eigenvalue weighted by molar-refractivity contribution is 4.98. The average molecular weight is 222 g/mol. The molecule has 2 heteroatoms. The number of hydrogen-bond acceptors (Lipinski definition) is 2. The molecule has 16 heavy (non-hydrogen) atoms. The second kappa shape index (κ2) is 4.66. The Bertz CT molecular complexity index is 221. The molecule has 1 saturated heterocycles. The third kappa shape index (κ3) is 2.14. The predicted molar refractivity (Wildman–Crippen MR) is 67.6 cm³/mol. The Labute approximate surface area is 99.8 Å². The maximum atomic E-state index is 3.85. The minimum Gasteiger partial charge on any atom is -0.309 e. The summed E-state index contributed by atoms with van der Waals surface area (Å²) in [6, 6.07) is 0.931. The first-order valence-corrected chi connectivity index (χ1v) is 7.37. The van der Waals surface area contributed by atoms with E-state index in [1.54, 1.807) is 0 Å². The van der Waals surface area contributed by atoms with Crippen LogP contribution in [0, 0.1) is 0 Å². The van der Waals surface area contributed by atoms with Gasteiger partial charge in [-0.2, -0.15) is 0 Å². The topological polar surface area (TPSA) is 15.3 Å². The van der Waals surface area contributed by atoms with Gasteiger partial charge in [-0.25, -0.2) is 0 Å². The highest BCUT2D eigenvalue weighted by Crippen LogP contribution is 2.33. The van der Waals surface area contributed by atoms with Gasteiger partial charge in [0.05, 0.1) is 0 Å². The van der Waals surface area contributed by atoms with E-state index in [9.17, 15) is 0 Å². The summed E-state index contributed by atoms with van der Waals surface area (Å²) in [5, 5.41) is 3.85. The summed E-state index contributed by atoms with van der Waals surface area (Å²) in [6.45, 7) is 3.88. The Hall–Kier alpha value is -0.0800. The van der Waals surface area contributed by atoms with Gasteiger partial charge in [0.1, 0.15) is 0 Å². The molecule has 2 aliphatic carbocycles. The predicted octanol–water partition coefficient (Wildman–Crippen LogP) is 2.54. The van der Waals surface area contributed by atoms with Gasteiger partial charge < -0.3 is 5.32 Å². The monoisotopic (exact) mass is 222 g/mol. The lowest BCUT2D eigenvalue weighted by molar-refractivity contribution is 0.0696. The van der Waals surface area contributed by atoms with E-state index in [-0.39, 0.29) is 0 Å². The van der Waals surface area contributed by atoms with Crippen LogP contribution in [0.4, 0.5) is 0 Å². The van der Waals surface area contributed by atoms with Crippen molar-refractivity contribution < 1.29 is 0 Å². The SMILES string of the molecule is C1CCC2(CC1)CN(C1CCCC1)CCN2. The van der Waals surface area contributed by atoms with Crippen molar-refractivity contribution in [2.75, 3.05) is 19.6 Å². The van der Waals surface area contributed by atoms with E-state index in [0.717, 1.165) is 6.04 Å². The van der Waals surface area contributed by atoms with Crippen LogP contribution in [0.3, 0.4) is 0 Å². The lowest BCUT2D eigenvalue weighted by Gasteiger charge is -2.48. The lowest BCUT2D eigenvalue weighted by Crippen LogP contribution is -2.62. The Morgan fingerprint density at radius 3 is 2.44 bits per heavy atom. The molecule has 3 fully saturated rings. The van der Waals surface area contributed by atoms with Gasteiger partial charge in [-0.15, -0.1) is 0 Å². The third-order valence-electron chi connectivity index (χ3n) is 5.06. The molecule has 0 aromatic carbocycles. The maximum Gasteiger partial charge on any atom is 0.0309 e. The van der Waals surface area contributed by atoms with Crippen molar-refractivity contribution in [1.29, 1.82) is 0 Å². The van der Waals surface area contributed by atoms with Crippen LogP contribution in [0.25, 0.3) is 0 Å². The molecule has 92 valence electrons. The first-order chi connectivity index (χ1) is 7.88. The summed E-state index contributed by atoms with van der Waals surface area (Å²) in [6.07, 6.45) is 13.1. The highest BCUT2D eigenvalue weighted by atomic mass is 15.2. The molecule has 0 radical (unpaired) electrons. The van der Waals surface area contributed by atoms with E-state index < -0.39 is 0 Å². The fraction of sp³-hybridized carbons (Fsp3) is 1.00. The number of hydrogen-bond donors (Lipinski definition) is 1. The van der Waals surface area contributed by atoms with Gasteiger partial charge in [0, 0.05) is 31.2 Å². The van der Waals surface area contributed by atoms with E-state index in [4.69, 9.17) is 0 Å². The van der Waals surface area contributed by atoms with Crippen LogP contribution in [-0.4, -0.2) is 36.1 Å². The van der Waals surface area contributed by atoms with Crippen LogP contribution in [-0.2, 0) is 0 Å². The van der Waals surface area contributed by atoms with E-state index in [1.165, 1.54) is 77.4 Å². The van der Waals surface area contributed by atoms with Crippen LogP contribution >= 0.6 is 0 Å². The fourth-order valence-electron chi connectivity index (χ4n) is 4.13. The van der Waals surface area contributed by atoms with E-state index in [1.807, 2.05) is 0 Å². The van der Waals surface area contributed by atoms with E-state index in [0.29, 0.717) is 5.54 Å². The minimum absolute atomic E-state index is 0.513. The zero-order valence-corrected chi connectivity index (χ0v) is 10.5. The number of piperazine rings is 1. The van der Waals surface area contributed by atoms with Gasteiger partial charge in [-0.05, 0) is 25.7 Å². The average Bonchev–Trinajstić information content (AvgIpc) is 2.83. The zero-order valence-electron chi connectivity index (χ0n) is 10.5. The second-order valence-electron chi connectivity index (χ2n) is 6.18.